The number of benzene rings is 2. The Morgan fingerprint density at radius 3 is 2.37 bits per heavy atom. The molecule has 144 valence electrons. The molecule has 0 aliphatic carbocycles. The standard InChI is InChI=1S/C18H17F3N2O3S/c1-12(24)23-10-2-3-13-4-7-15(11-17(13)23)22-27(25,26)16-8-5-14(6-9-16)18(19,20)21/h4-9,11,22H,2-3,10H2,1H3. The zero-order valence-corrected chi connectivity index (χ0v) is 15.2. The van der Waals surface area contributed by atoms with Crippen LogP contribution in [0, 0.1) is 0 Å². The Morgan fingerprint density at radius 1 is 1.11 bits per heavy atom. The van der Waals surface area contributed by atoms with Gasteiger partial charge in [-0.3, -0.25) is 9.52 Å². The van der Waals surface area contributed by atoms with Crippen molar-refractivity contribution in [3.05, 3.63) is 53.6 Å². The van der Waals surface area contributed by atoms with Crippen molar-refractivity contribution in [1.29, 1.82) is 0 Å². The number of nitrogens with one attached hydrogen (secondary N) is 1. The van der Waals surface area contributed by atoms with Crippen LogP contribution in [0.4, 0.5) is 24.5 Å². The molecule has 3 rings (SSSR count). The maximum Gasteiger partial charge on any atom is 0.416 e. The van der Waals surface area contributed by atoms with Crippen molar-refractivity contribution in [2.75, 3.05) is 16.2 Å². The number of alkyl halides is 3. The summed E-state index contributed by atoms with van der Waals surface area (Å²) in [5.74, 6) is -0.140. The molecule has 2 aromatic carbocycles. The predicted octanol–water partition coefficient (Wildman–Crippen LogP) is 3.81. The maximum absolute atomic E-state index is 12.6. The number of fused-ring (bicyclic) bond motifs is 1. The average molecular weight is 398 g/mol. The molecule has 0 fully saturated rings. The fourth-order valence-corrected chi connectivity index (χ4v) is 4.05. The molecule has 2 aromatic rings. The van der Waals surface area contributed by atoms with Crippen molar-refractivity contribution in [2.24, 2.45) is 0 Å². The minimum absolute atomic E-state index is 0.140. The van der Waals surface area contributed by atoms with Crippen LogP contribution in [-0.4, -0.2) is 20.9 Å². The fourth-order valence-electron chi connectivity index (χ4n) is 3.00. The lowest BCUT2D eigenvalue weighted by Crippen LogP contribution is -2.33. The number of carbonyl (C=O) groups is 1. The molecule has 0 unspecified atom stereocenters. The molecular formula is C18H17F3N2O3S. The molecule has 0 radical (unpaired) electrons. The Kier molecular flexibility index (Phi) is 4.90. The number of rotatable bonds is 3. The summed E-state index contributed by atoms with van der Waals surface area (Å²) in [5.41, 5.74) is 0.893. The van der Waals surface area contributed by atoms with Gasteiger partial charge in [-0.05, 0) is 54.8 Å². The summed E-state index contributed by atoms with van der Waals surface area (Å²) in [7, 11) is -4.06. The first-order valence-electron chi connectivity index (χ1n) is 8.19. The van der Waals surface area contributed by atoms with Gasteiger partial charge < -0.3 is 4.90 Å². The van der Waals surface area contributed by atoms with Crippen molar-refractivity contribution in [1.82, 2.24) is 0 Å². The summed E-state index contributed by atoms with van der Waals surface area (Å²) in [6.07, 6.45) is -2.93. The summed E-state index contributed by atoms with van der Waals surface area (Å²) in [5, 5.41) is 0. The first kappa shape index (κ1) is 19.2. The van der Waals surface area contributed by atoms with E-state index in [2.05, 4.69) is 4.72 Å². The lowest BCUT2D eigenvalue weighted by molar-refractivity contribution is -0.137. The average Bonchev–Trinajstić information content (AvgIpc) is 2.60. The van der Waals surface area contributed by atoms with Gasteiger partial charge in [-0.2, -0.15) is 13.2 Å². The van der Waals surface area contributed by atoms with E-state index in [0.29, 0.717) is 12.2 Å². The van der Waals surface area contributed by atoms with Gasteiger partial charge in [0.15, 0.2) is 0 Å². The van der Waals surface area contributed by atoms with Gasteiger partial charge in [0, 0.05) is 19.2 Å². The van der Waals surface area contributed by atoms with Crippen LogP contribution in [0.5, 0.6) is 0 Å². The molecule has 0 saturated heterocycles. The minimum Gasteiger partial charge on any atom is -0.312 e. The van der Waals surface area contributed by atoms with Crippen LogP contribution in [0.3, 0.4) is 0 Å². The van der Waals surface area contributed by atoms with Crippen molar-refractivity contribution < 1.29 is 26.4 Å². The summed E-state index contributed by atoms with van der Waals surface area (Å²) < 4.78 is 65.2. The summed E-state index contributed by atoms with van der Waals surface area (Å²) in [6, 6.07) is 8.14. The number of sulfonamides is 1. The molecule has 9 heteroatoms. The molecule has 0 spiro atoms. The molecule has 1 aliphatic rings. The lowest BCUT2D eigenvalue weighted by atomic mass is 10.0. The third-order valence-electron chi connectivity index (χ3n) is 4.33. The van der Waals surface area contributed by atoms with Gasteiger partial charge in [0.25, 0.3) is 10.0 Å². The molecule has 0 aromatic heterocycles. The summed E-state index contributed by atoms with van der Waals surface area (Å²) in [4.78, 5) is 13.1. The van der Waals surface area contributed by atoms with E-state index in [0.717, 1.165) is 42.7 Å². The maximum atomic E-state index is 12.6. The molecule has 0 atom stereocenters. The van der Waals surface area contributed by atoms with Crippen LogP contribution in [-0.2, 0) is 27.4 Å². The van der Waals surface area contributed by atoms with Crippen LogP contribution in [0.15, 0.2) is 47.4 Å². The first-order chi connectivity index (χ1) is 12.6. The topological polar surface area (TPSA) is 66.5 Å². The normalized spacial score (nSPS) is 14.6. The number of hydrogen-bond acceptors (Lipinski definition) is 3. The molecule has 1 amide bonds. The second-order valence-corrected chi connectivity index (χ2v) is 7.93. The van der Waals surface area contributed by atoms with E-state index in [1.807, 2.05) is 0 Å². The monoisotopic (exact) mass is 398 g/mol. The third-order valence-corrected chi connectivity index (χ3v) is 5.73. The van der Waals surface area contributed by atoms with Crippen LogP contribution >= 0.6 is 0 Å². The molecule has 1 aliphatic heterocycles. The Bertz CT molecular complexity index is 970. The number of anilines is 2. The van der Waals surface area contributed by atoms with Gasteiger partial charge in [0.2, 0.25) is 5.91 Å². The highest BCUT2D eigenvalue weighted by Crippen LogP contribution is 2.32. The number of nitrogens with zero attached hydrogens (tertiary/aromatic N) is 1. The molecule has 1 N–H and O–H groups in total. The van der Waals surface area contributed by atoms with Crippen LogP contribution < -0.4 is 9.62 Å². The van der Waals surface area contributed by atoms with Crippen LogP contribution in [0.25, 0.3) is 0 Å². The van der Waals surface area contributed by atoms with Gasteiger partial charge in [-0.25, -0.2) is 8.42 Å². The van der Waals surface area contributed by atoms with E-state index >= 15 is 0 Å². The van der Waals surface area contributed by atoms with Gasteiger partial charge in [0.1, 0.15) is 0 Å². The second-order valence-electron chi connectivity index (χ2n) is 6.25. The largest absolute Gasteiger partial charge is 0.416 e. The smallest absolute Gasteiger partial charge is 0.312 e. The quantitative estimate of drug-likeness (QED) is 0.855. The first-order valence-corrected chi connectivity index (χ1v) is 9.67. The van der Waals surface area contributed by atoms with E-state index in [-0.39, 0.29) is 16.5 Å². The highest BCUT2D eigenvalue weighted by Gasteiger charge is 2.30. The highest BCUT2D eigenvalue weighted by atomic mass is 32.2. The number of hydrogen-bond donors (Lipinski definition) is 1. The number of carbonyl (C=O) groups excluding carboxylic acids is 1. The predicted molar refractivity (Wildman–Crippen MR) is 95.0 cm³/mol. The molecule has 0 saturated carbocycles. The van der Waals surface area contributed by atoms with E-state index < -0.39 is 21.8 Å². The molecule has 5 nitrogen and oxygen atoms in total. The second kappa shape index (κ2) is 6.88. The van der Waals surface area contributed by atoms with E-state index in [4.69, 9.17) is 0 Å². The van der Waals surface area contributed by atoms with Crippen LogP contribution in [0.1, 0.15) is 24.5 Å². The van der Waals surface area contributed by atoms with Crippen LogP contribution in [0.2, 0.25) is 0 Å². The molecule has 1 heterocycles. The van der Waals surface area contributed by atoms with Gasteiger partial charge in [0.05, 0.1) is 16.1 Å². The highest BCUT2D eigenvalue weighted by molar-refractivity contribution is 7.92. The molecular weight excluding hydrogens is 381 g/mol. The zero-order chi connectivity index (χ0) is 19.8. The van der Waals surface area contributed by atoms with Gasteiger partial charge in [-0.1, -0.05) is 6.07 Å². The Morgan fingerprint density at radius 2 is 1.78 bits per heavy atom. The van der Waals surface area contributed by atoms with Gasteiger partial charge >= 0.3 is 6.18 Å². The Labute approximate surface area is 154 Å². The fraction of sp³-hybridized carbons (Fsp3) is 0.278. The SMILES string of the molecule is CC(=O)N1CCCc2ccc(NS(=O)(=O)c3ccc(C(F)(F)F)cc3)cc21. The number of aryl methyl sites for hydroxylation is 1. The Hall–Kier alpha value is -2.55. The van der Waals surface area contributed by atoms with E-state index in [9.17, 15) is 26.4 Å². The Balaban J connectivity index is 1.88. The zero-order valence-electron chi connectivity index (χ0n) is 14.4. The summed E-state index contributed by atoms with van der Waals surface area (Å²) >= 11 is 0. The van der Waals surface area contributed by atoms with Crippen molar-refractivity contribution >= 4 is 27.3 Å². The number of amides is 1. The van der Waals surface area contributed by atoms with Crippen molar-refractivity contribution in [2.45, 2.75) is 30.8 Å². The van der Waals surface area contributed by atoms with Crippen molar-refractivity contribution in [3.63, 3.8) is 0 Å². The number of halogens is 3. The summed E-state index contributed by atoms with van der Waals surface area (Å²) in [6.45, 7) is 1.99. The van der Waals surface area contributed by atoms with E-state index in [1.165, 1.54) is 6.92 Å². The molecule has 0 bridgehead atoms. The molecule has 27 heavy (non-hydrogen) atoms. The third kappa shape index (κ3) is 4.08. The van der Waals surface area contributed by atoms with Crippen molar-refractivity contribution in [3.8, 4) is 0 Å². The van der Waals surface area contributed by atoms with E-state index in [1.54, 1.807) is 23.1 Å². The van der Waals surface area contributed by atoms with Gasteiger partial charge in [-0.15, -0.1) is 0 Å². The lowest BCUT2D eigenvalue weighted by Gasteiger charge is -2.29. The minimum atomic E-state index is -4.54.